The first-order chi connectivity index (χ1) is 15.0. The minimum absolute atomic E-state index is 0.0430. The third-order valence-corrected chi connectivity index (χ3v) is 4.86. The Hall–Kier alpha value is -3.42. The number of halogens is 1. The lowest BCUT2D eigenvalue weighted by Gasteiger charge is -2.19. The van der Waals surface area contributed by atoms with Gasteiger partial charge in [-0.3, -0.25) is 14.6 Å². The molecule has 1 unspecified atom stereocenters. The number of hydrogen-bond donors (Lipinski definition) is 3. The van der Waals surface area contributed by atoms with Crippen molar-refractivity contribution < 1.29 is 14.0 Å². The zero-order valence-electron chi connectivity index (χ0n) is 17.6. The van der Waals surface area contributed by atoms with Crippen molar-refractivity contribution in [2.75, 3.05) is 31.1 Å². The van der Waals surface area contributed by atoms with Crippen molar-refractivity contribution in [1.82, 2.24) is 16.0 Å². The number of hydrogen-bond acceptors (Lipinski definition) is 3. The first-order valence-corrected chi connectivity index (χ1v) is 10.5. The van der Waals surface area contributed by atoms with E-state index in [0.717, 1.165) is 11.3 Å². The maximum atomic E-state index is 12.9. The Morgan fingerprint density at radius 3 is 2.58 bits per heavy atom. The number of nitrogens with zero attached hydrogens (tertiary/aromatic N) is 2. The highest BCUT2D eigenvalue weighted by atomic mass is 19.1. The molecule has 0 aliphatic carbocycles. The minimum Gasteiger partial charge on any atom is -0.357 e. The largest absolute Gasteiger partial charge is 0.357 e. The smallest absolute Gasteiger partial charge is 0.229 e. The highest BCUT2D eigenvalue weighted by Gasteiger charge is 2.31. The molecule has 2 amide bonds. The van der Waals surface area contributed by atoms with Crippen molar-refractivity contribution >= 4 is 23.5 Å². The number of carbonyl (C=O) groups is 2. The molecule has 1 fully saturated rings. The molecule has 0 bridgehead atoms. The summed E-state index contributed by atoms with van der Waals surface area (Å²) < 4.78 is 12.9. The van der Waals surface area contributed by atoms with Gasteiger partial charge in [0.25, 0.3) is 0 Å². The van der Waals surface area contributed by atoms with Crippen LogP contribution in [0.15, 0.2) is 59.6 Å². The van der Waals surface area contributed by atoms with E-state index in [2.05, 4.69) is 20.9 Å². The second-order valence-electron chi connectivity index (χ2n) is 7.30. The molecule has 8 heteroatoms. The molecule has 0 spiro atoms. The van der Waals surface area contributed by atoms with Crippen molar-refractivity contribution in [3.63, 3.8) is 0 Å². The highest BCUT2D eigenvalue weighted by Crippen LogP contribution is 2.20. The molecule has 0 radical (unpaired) electrons. The van der Waals surface area contributed by atoms with Gasteiger partial charge in [-0.1, -0.05) is 30.3 Å². The minimum atomic E-state index is -0.321. The van der Waals surface area contributed by atoms with Gasteiger partial charge in [-0.2, -0.15) is 0 Å². The Labute approximate surface area is 181 Å². The highest BCUT2D eigenvalue weighted by molar-refractivity contribution is 5.97. The van der Waals surface area contributed by atoms with Gasteiger partial charge in [-0.05, 0) is 36.8 Å². The molecule has 1 heterocycles. The van der Waals surface area contributed by atoms with Crippen LogP contribution in [0.5, 0.6) is 0 Å². The number of rotatable bonds is 8. The molecule has 1 aliphatic rings. The number of nitrogens with one attached hydrogen (secondary N) is 3. The molecular weight excluding hydrogens is 397 g/mol. The van der Waals surface area contributed by atoms with Gasteiger partial charge >= 0.3 is 0 Å². The predicted molar refractivity (Wildman–Crippen MR) is 119 cm³/mol. The number of carbonyl (C=O) groups excluding carboxylic acids is 2. The van der Waals surface area contributed by atoms with E-state index in [-0.39, 0.29) is 30.1 Å². The SMILES string of the molecule is CCNC(=NCCNC(=O)Cc1ccc(F)cc1)NC1CC(=O)N(c2ccccc2)C1. The van der Waals surface area contributed by atoms with Crippen LogP contribution in [0, 0.1) is 5.82 Å². The van der Waals surface area contributed by atoms with E-state index < -0.39 is 0 Å². The first-order valence-electron chi connectivity index (χ1n) is 10.5. The van der Waals surface area contributed by atoms with E-state index in [1.807, 2.05) is 37.3 Å². The summed E-state index contributed by atoms with van der Waals surface area (Å²) in [6, 6.07) is 15.4. The lowest BCUT2D eigenvalue weighted by molar-refractivity contribution is -0.120. The first kappa shape index (κ1) is 22.3. The molecule has 1 saturated heterocycles. The number of anilines is 1. The zero-order chi connectivity index (χ0) is 22.1. The van der Waals surface area contributed by atoms with E-state index in [4.69, 9.17) is 0 Å². The van der Waals surface area contributed by atoms with Crippen LogP contribution >= 0.6 is 0 Å². The van der Waals surface area contributed by atoms with Gasteiger partial charge in [-0.25, -0.2) is 4.39 Å². The van der Waals surface area contributed by atoms with Crippen molar-refractivity contribution in [3.8, 4) is 0 Å². The number of benzene rings is 2. The summed E-state index contributed by atoms with van der Waals surface area (Å²) in [6.07, 6.45) is 0.593. The van der Waals surface area contributed by atoms with Crippen LogP contribution < -0.4 is 20.9 Å². The Morgan fingerprint density at radius 2 is 1.87 bits per heavy atom. The van der Waals surface area contributed by atoms with Crippen LogP contribution in [-0.4, -0.2) is 50.0 Å². The number of aliphatic imine (C=N–C) groups is 1. The Bertz CT molecular complexity index is 902. The second kappa shape index (κ2) is 11.1. The van der Waals surface area contributed by atoms with E-state index in [1.165, 1.54) is 12.1 Å². The molecule has 3 rings (SSSR count). The second-order valence-corrected chi connectivity index (χ2v) is 7.30. The summed E-state index contributed by atoms with van der Waals surface area (Å²) in [5.41, 5.74) is 1.65. The summed E-state index contributed by atoms with van der Waals surface area (Å²) >= 11 is 0. The summed E-state index contributed by atoms with van der Waals surface area (Å²) in [5, 5.41) is 9.30. The predicted octanol–water partition coefficient (Wildman–Crippen LogP) is 1.84. The van der Waals surface area contributed by atoms with Crippen molar-refractivity contribution in [2.24, 2.45) is 4.99 Å². The summed E-state index contributed by atoms with van der Waals surface area (Å²) in [5.74, 6) is 0.230. The third kappa shape index (κ3) is 6.80. The van der Waals surface area contributed by atoms with Crippen LogP contribution in [0.2, 0.25) is 0 Å². The Morgan fingerprint density at radius 1 is 1.13 bits per heavy atom. The molecule has 164 valence electrons. The maximum Gasteiger partial charge on any atom is 0.229 e. The van der Waals surface area contributed by atoms with Crippen molar-refractivity contribution in [2.45, 2.75) is 25.8 Å². The maximum absolute atomic E-state index is 12.9. The fourth-order valence-corrected chi connectivity index (χ4v) is 3.39. The molecule has 2 aromatic carbocycles. The Kier molecular flexibility index (Phi) is 7.98. The van der Waals surface area contributed by atoms with E-state index in [0.29, 0.717) is 38.6 Å². The van der Waals surface area contributed by atoms with Gasteiger partial charge in [0.2, 0.25) is 11.8 Å². The van der Waals surface area contributed by atoms with Gasteiger partial charge in [0.05, 0.1) is 19.0 Å². The van der Waals surface area contributed by atoms with Gasteiger partial charge in [0, 0.05) is 31.7 Å². The van der Waals surface area contributed by atoms with Crippen LogP contribution in [0.4, 0.5) is 10.1 Å². The lowest BCUT2D eigenvalue weighted by atomic mass is 10.1. The van der Waals surface area contributed by atoms with Crippen molar-refractivity contribution in [1.29, 1.82) is 0 Å². The topological polar surface area (TPSA) is 85.8 Å². The molecule has 0 aromatic heterocycles. The zero-order valence-corrected chi connectivity index (χ0v) is 17.6. The monoisotopic (exact) mass is 425 g/mol. The fraction of sp³-hybridized carbons (Fsp3) is 0.348. The molecule has 1 aliphatic heterocycles. The molecule has 31 heavy (non-hydrogen) atoms. The van der Waals surface area contributed by atoms with Gasteiger partial charge < -0.3 is 20.9 Å². The van der Waals surface area contributed by atoms with Crippen molar-refractivity contribution in [3.05, 3.63) is 66.0 Å². The van der Waals surface area contributed by atoms with Gasteiger partial charge in [-0.15, -0.1) is 0 Å². The molecule has 1 atom stereocenters. The normalized spacial score (nSPS) is 16.3. The number of amides is 2. The third-order valence-electron chi connectivity index (χ3n) is 4.86. The Balaban J connectivity index is 1.46. The van der Waals surface area contributed by atoms with Crippen LogP contribution in [0.25, 0.3) is 0 Å². The summed E-state index contributed by atoms with van der Waals surface area (Å²) in [6.45, 7) is 4.01. The van der Waals surface area contributed by atoms with Crippen LogP contribution in [-0.2, 0) is 16.0 Å². The summed E-state index contributed by atoms with van der Waals surface area (Å²) in [7, 11) is 0. The average Bonchev–Trinajstić information content (AvgIpc) is 3.13. The van der Waals surface area contributed by atoms with Gasteiger partial charge in [0.1, 0.15) is 5.82 Å². The molecule has 2 aromatic rings. The summed E-state index contributed by atoms with van der Waals surface area (Å²) in [4.78, 5) is 30.7. The van der Waals surface area contributed by atoms with E-state index in [1.54, 1.807) is 17.0 Å². The van der Waals surface area contributed by atoms with E-state index in [9.17, 15) is 14.0 Å². The van der Waals surface area contributed by atoms with Crippen LogP contribution in [0.1, 0.15) is 18.9 Å². The number of para-hydroxylation sites is 1. The molecule has 0 saturated carbocycles. The van der Waals surface area contributed by atoms with E-state index >= 15 is 0 Å². The standard InChI is InChI=1S/C23H28FN5O2/c1-2-25-23(27-13-12-26-21(30)14-17-8-10-18(24)11-9-17)28-19-15-22(31)29(16-19)20-6-4-3-5-7-20/h3-11,19H,2,12-16H2,1H3,(H,26,30)(H2,25,27,28). The van der Waals surface area contributed by atoms with Crippen LogP contribution in [0.3, 0.4) is 0 Å². The fourth-order valence-electron chi connectivity index (χ4n) is 3.39. The van der Waals surface area contributed by atoms with Gasteiger partial charge in [0.15, 0.2) is 5.96 Å². The number of guanidine groups is 1. The quantitative estimate of drug-likeness (QED) is 0.342. The molecule has 7 nitrogen and oxygen atoms in total. The average molecular weight is 426 g/mol. The molecule has 3 N–H and O–H groups in total. The lowest BCUT2D eigenvalue weighted by Crippen LogP contribution is -2.45. The molecular formula is C23H28FN5O2.